The molecule has 14 heavy (non-hydrogen) atoms. The normalized spacial score (nSPS) is 11.2. The number of sulfone groups is 1. The molecule has 0 aliphatic carbocycles. The maximum Gasteiger partial charge on any atom is 0.306 e. The standard InChI is InChI=1S/C7H8N2O4S/c1-2-14(12,13)7-6(9(10)11)4-3-5-8-7/h3-5H,2H2,1H3. The zero-order valence-electron chi connectivity index (χ0n) is 7.37. The van der Waals surface area contributed by atoms with E-state index in [1.165, 1.54) is 19.2 Å². The monoisotopic (exact) mass is 216 g/mol. The first-order valence-corrected chi connectivity index (χ1v) is 5.46. The minimum atomic E-state index is -3.63. The second-order valence-electron chi connectivity index (χ2n) is 2.49. The van der Waals surface area contributed by atoms with E-state index < -0.39 is 25.5 Å². The van der Waals surface area contributed by atoms with Gasteiger partial charge in [0.2, 0.25) is 14.9 Å². The third-order valence-electron chi connectivity index (χ3n) is 1.62. The molecular weight excluding hydrogens is 208 g/mol. The van der Waals surface area contributed by atoms with Crippen LogP contribution >= 0.6 is 0 Å². The number of hydrogen-bond donors (Lipinski definition) is 0. The van der Waals surface area contributed by atoms with E-state index in [9.17, 15) is 18.5 Å². The Hall–Kier alpha value is -1.50. The maximum absolute atomic E-state index is 11.4. The van der Waals surface area contributed by atoms with E-state index in [-0.39, 0.29) is 5.75 Å². The van der Waals surface area contributed by atoms with Gasteiger partial charge in [0.05, 0.1) is 10.7 Å². The van der Waals surface area contributed by atoms with Gasteiger partial charge in [0.15, 0.2) is 0 Å². The third-order valence-corrected chi connectivity index (χ3v) is 3.29. The Bertz CT molecular complexity index is 455. The van der Waals surface area contributed by atoms with Crippen LogP contribution in [0.15, 0.2) is 23.4 Å². The Labute approximate surface area is 80.7 Å². The van der Waals surface area contributed by atoms with Crippen LogP contribution in [0, 0.1) is 10.1 Å². The number of rotatable bonds is 3. The lowest BCUT2D eigenvalue weighted by molar-refractivity contribution is -0.388. The van der Waals surface area contributed by atoms with Crippen molar-refractivity contribution >= 4 is 15.5 Å². The van der Waals surface area contributed by atoms with Crippen molar-refractivity contribution in [3.05, 3.63) is 28.4 Å². The van der Waals surface area contributed by atoms with Crippen molar-refractivity contribution in [2.24, 2.45) is 0 Å². The summed E-state index contributed by atoms with van der Waals surface area (Å²) in [6, 6.07) is 2.45. The lowest BCUT2D eigenvalue weighted by Crippen LogP contribution is -2.09. The molecule has 1 rings (SSSR count). The van der Waals surface area contributed by atoms with Gasteiger partial charge in [0, 0.05) is 12.3 Å². The molecule has 0 spiro atoms. The summed E-state index contributed by atoms with van der Waals surface area (Å²) < 4.78 is 22.7. The number of nitrogens with zero attached hydrogens (tertiary/aromatic N) is 2. The van der Waals surface area contributed by atoms with Crippen LogP contribution in [0.4, 0.5) is 5.69 Å². The molecule has 0 radical (unpaired) electrons. The molecule has 1 aromatic rings. The van der Waals surface area contributed by atoms with Crippen molar-refractivity contribution in [1.29, 1.82) is 0 Å². The summed E-state index contributed by atoms with van der Waals surface area (Å²) in [6.07, 6.45) is 1.22. The fraction of sp³-hybridized carbons (Fsp3) is 0.286. The largest absolute Gasteiger partial charge is 0.306 e. The summed E-state index contributed by atoms with van der Waals surface area (Å²) in [5.74, 6) is -0.204. The average molecular weight is 216 g/mol. The van der Waals surface area contributed by atoms with Crippen LogP contribution in [0.5, 0.6) is 0 Å². The predicted molar refractivity (Wildman–Crippen MR) is 48.6 cm³/mol. The molecule has 0 atom stereocenters. The van der Waals surface area contributed by atoms with E-state index in [2.05, 4.69) is 4.98 Å². The zero-order chi connectivity index (χ0) is 10.8. The van der Waals surface area contributed by atoms with Crippen LogP contribution in [0.25, 0.3) is 0 Å². The number of pyridine rings is 1. The van der Waals surface area contributed by atoms with Crippen molar-refractivity contribution in [1.82, 2.24) is 4.98 Å². The van der Waals surface area contributed by atoms with E-state index in [4.69, 9.17) is 0 Å². The van der Waals surface area contributed by atoms with E-state index in [1.54, 1.807) is 0 Å². The molecule has 0 amide bonds. The number of nitro groups is 1. The molecule has 6 nitrogen and oxygen atoms in total. The van der Waals surface area contributed by atoms with Gasteiger partial charge in [0.1, 0.15) is 0 Å². The molecule has 0 fully saturated rings. The van der Waals surface area contributed by atoms with E-state index in [1.807, 2.05) is 0 Å². The second-order valence-corrected chi connectivity index (χ2v) is 4.68. The van der Waals surface area contributed by atoms with Crippen LogP contribution in [0.3, 0.4) is 0 Å². The fourth-order valence-electron chi connectivity index (χ4n) is 0.898. The first kappa shape index (κ1) is 10.6. The van der Waals surface area contributed by atoms with Gasteiger partial charge in [0.25, 0.3) is 0 Å². The van der Waals surface area contributed by atoms with Gasteiger partial charge in [-0.1, -0.05) is 6.92 Å². The van der Waals surface area contributed by atoms with Gasteiger partial charge in [-0.2, -0.15) is 0 Å². The molecule has 0 unspecified atom stereocenters. The average Bonchev–Trinajstić information content (AvgIpc) is 2.18. The van der Waals surface area contributed by atoms with E-state index in [0.29, 0.717) is 0 Å². The Kier molecular flexibility index (Phi) is 2.80. The SMILES string of the molecule is CCS(=O)(=O)c1ncccc1[N+](=O)[O-]. The topological polar surface area (TPSA) is 90.2 Å². The predicted octanol–water partition coefficient (Wildman–Crippen LogP) is 0.783. The quantitative estimate of drug-likeness (QED) is 0.550. The van der Waals surface area contributed by atoms with Gasteiger partial charge in [-0.3, -0.25) is 10.1 Å². The first-order valence-electron chi connectivity index (χ1n) is 3.81. The number of hydrogen-bond acceptors (Lipinski definition) is 5. The summed E-state index contributed by atoms with van der Waals surface area (Å²) >= 11 is 0. The lowest BCUT2D eigenvalue weighted by atomic mass is 10.4. The smallest absolute Gasteiger partial charge is 0.258 e. The summed E-state index contributed by atoms with van der Waals surface area (Å²) in [5, 5.41) is 10.0. The minimum Gasteiger partial charge on any atom is -0.258 e. The summed E-state index contributed by atoms with van der Waals surface area (Å²) in [4.78, 5) is 13.2. The molecule has 0 N–H and O–H groups in total. The lowest BCUT2D eigenvalue weighted by Gasteiger charge is -2.00. The summed E-state index contributed by atoms with van der Waals surface area (Å²) in [5.41, 5.74) is -0.477. The van der Waals surface area contributed by atoms with Crippen molar-refractivity contribution < 1.29 is 13.3 Å². The maximum atomic E-state index is 11.4. The molecule has 7 heteroatoms. The highest BCUT2D eigenvalue weighted by Gasteiger charge is 2.25. The molecule has 0 saturated carbocycles. The van der Waals surface area contributed by atoms with Crippen molar-refractivity contribution in [2.45, 2.75) is 11.9 Å². The third kappa shape index (κ3) is 1.87. The Morgan fingerprint density at radius 3 is 2.71 bits per heavy atom. The molecule has 0 bridgehead atoms. The first-order chi connectivity index (χ1) is 6.49. The van der Waals surface area contributed by atoms with Crippen LogP contribution in [0.2, 0.25) is 0 Å². The number of aromatic nitrogens is 1. The summed E-state index contributed by atoms with van der Waals surface area (Å²) in [7, 11) is -3.63. The van der Waals surface area contributed by atoms with E-state index >= 15 is 0 Å². The van der Waals surface area contributed by atoms with Crippen LogP contribution in [0.1, 0.15) is 6.92 Å². The van der Waals surface area contributed by atoms with Gasteiger partial charge in [-0.15, -0.1) is 0 Å². The molecule has 0 saturated heterocycles. The summed E-state index contributed by atoms with van der Waals surface area (Å²) in [6.45, 7) is 1.41. The molecule has 0 aromatic carbocycles. The zero-order valence-corrected chi connectivity index (χ0v) is 8.19. The van der Waals surface area contributed by atoms with Crippen LogP contribution < -0.4 is 0 Å². The molecule has 0 aliphatic heterocycles. The second kappa shape index (κ2) is 3.70. The minimum absolute atomic E-state index is 0.204. The van der Waals surface area contributed by atoms with Crippen LogP contribution in [-0.4, -0.2) is 24.1 Å². The Morgan fingerprint density at radius 2 is 2.21 bits per heavy atom. The Morgan fingerprint density at radius 1 is 1.57 bits per heavy atom. The highest BCUT2D eigenvalue weighted by molar-refractivity contribution is 7.91. The highest BCUT2D eigenvalue weighted by atomic mass is 32.2. The highest BCUT2D eigenvalue weighted by Crippen LogP contribution is 2.20. The van der Waals surface area contributed by atoms with Crippen molar-refractivity contribution in [3.8, 4) is 0 Å². The molecule has 1 heterocycles. The molecule has 0 aliphatic rings. The molecular formula is C7H8N2O4S. The fourth-order valence-corrected chi connectivity index (χ4v) is 1.85. The van der Waals surface area contributed by atoms with Crippen molar-refractivity contribution in [2.75, 3.05) is 5.75 Å². The Balaban J connectivity index is 3.42. The molecule has 1 aromatic heterocycles. The van der Waals surface area contributed by atoms with Gasteiger partial charge >= 0.3 is 5.69 Å². The molecule has 76 valence electrons. The van der Waals surface area contributed by atoms with Crippen molar-refractivity contribution in [3.63, 3.8) is 0 Å². The van der Waals surface area contributed by atoms with Gasteiger partial charge in [-0.25, -0.2) is 13.4 Å². The van der Waals surface area contributed by atoms with Gasteiger partial charge < -0.3 is 0 Å². The van der Waals surface area contributed by atoms with E-state index in [0.717, 1.165) is 6.07 Å². The van der Waals surface area contributed by atoms with Crippen LogP contribution in [-0.2, 0) is 9.84 Å². The van der Waals surface area contributed by atoms with Gasteiger partial charge in [-0.05, 0) is 6.07 Å².